The van der Waals surface area contributed by atoms with Crippen LogP contribution < -0.4 is 20.3 Å². The van der Waals surface area contributed by atoms with Crippen molar-refractivity contribution >= 4 is 39.4 Å². The number of fused-ring (bicyclic) bond motifs is 3. The number of hydrogen-bond acceptors (Lipinski definition) is 8. The van der Waals surface area contributed by atoms with Gasteiger partial charge in [0, 0.05) is 30.5 Å². The van der Waals surface area contributed by atoms with E-state index in [1.165, 1.54) is 35.2 Å². The molecule has 250 valence electrons. The zero-order chi connectivity index (χ0) is 33.4. The quantitative estimate of drug-likeness (QED) is 0.244. The summed E-state index contributed by atoms with van der Waals surface area (Å²) >= 11 is 0. The van der Waals surface area contributed by atoms with E-state index in [2.05, 4.69) is 25.5 Å². The summed E-state index contributed by atoms with van der Waals surface area (Å²) in [6.45, 7) is 3.76. The van der Waals surface area contributed by atoms with Crippen LogP contribution in [0.4, 0.5) is 23.8 Å². The van der Waals surface area contributed by atoms with Crippen LogP contribution in [0.15, 0.2) is 36.4 Å². The van der Waals surface area contributed by atoms with Crippen molar-refractivity contribution in [2.45, 2.75) is 62.7 Å². The van der Waals surface area contributed by atoms with Crippen molar-refractivity contribution in [3.8, 4) is 22.9 Å². The van der Waals surface area contributed by atoms with Gasteiger partial charge in [0.2, 0.25) is 0 Å². The average molecular weight is 661 g/mol. The molecule has 1 unspecified atom stereocenters. The summed E-state index contributed by atoms with van der Waals surface area (Å²) in [4.78, 5) is 39.3. The molecule has 3 N–H and O–H groups in total. The summed E-state index contributed by atoms with van der Waals surface area (Å²) in [5, 5.41) is 17.4. The average Bonchev–Trinajstić information content (AvgIpc) is 3.67. The minimum atomic E-state index is -1.30. The predicted molar refractivity (Wildman–Crippen MR) is 173 cm³/mol. The number of phenolic OH excluding ortho intramolecular Hbond substituents is 1. The number of aromatic nitrogens is 2. The van der Waals surface area contributed by atoms with E-state index in [0.717, 1.165) is 19.4 Å². The lowest BCUT2D eigenvalue weighted by molar-refractivity contribution is -0.123. The first kappa shape index (κ1) is 30.8. The fourth-order valence-electron chi connectivity index (χ4n) is 8.41. The second kappa shape index (κ2) is 11.3. The second-order valence-electron chi connectivity index (χ2n) is 13.4. The Hall–Kier alpha value is -4.49. The van der Waals surface area contributed by atoms with Crippen LogP contribution in [0.3, 0.4) is 0 Å². The maximum Gasteiger partial charge on any atom is 0.330 e. The summed E-state index contributed by atoms with van der Waals surface area (Å²) in [5.74, 6) is -1.85. The number of anilines is 1. The van der Waals surface area contributed by atoms with Gasteiger partial charge in [-0.25, -0.2) is 18.0 Å². The number of halogens is 3. The zero-order valence-corrected chi connectivity index (χ0v) is 26.4. The molecule has 4 saturated heterocycles. The molecule has 0 saturated carbocycles. The number of urea groups is 1. The van der Waals surface area contributed by atoms with E-state index in [0.29, 0.717) is 55.1 Å². The Morgan fingerprint density at radius 2 is 1.94 bits per heavy atom. The molecule has 1 aromatic heterocycles. The molecule has 4 aliphatic rings. The van der Waals surface area contributed by atoms with E-state index < -0.39 is 40.8 Å². The predicted octanol–water partition coefficient (Wildman–Crippen LogP) is 5.13. The first-order valence-corrected chi connectivity index (χ1v) is 16.5. The molecule has 0 aliphatic carbocycles. The van der Waals surface area contributed by atoms with Gasteiger partial charge in [0.25, 0.3) is 5.91 Å². The first-order chi connectivity index (χ1) is 23.1. The van der Waals surface area contributed by atoms with Crippen molar-refractivity contribution in [1.82, 2.24) is 25.5 Å². The van der Waals surface area contributed by atoms with Crippen molar-refractivity contribution in [1.29, 1.82) is 0 Å². The monoisotopic (exact) mass is 660 g/mol. The third-order valence-electron chi connectivity index (χ3n) is 10.6. The Kier molecular flexibility index (Phi) is 7.26. The van der Waals surface area contributed by atoms with Crippen LogP contribution in [0.5, 0.6) is 11.8 Å². The maximum absolute atomic E-state index is 17.0. The number of hydrogen-bond donors (Lipinski definition) is 3. The van der Waals surface area contributed by atoms with Gasteiger partial charge in [0.05, 0.1) is 5.54 Å². The lowest BCUT2D eigenvalue weighted by Crippen LogP contribution is -2.59. The number of carbonyl (C=O) groups is 2. The molecule has 8 rings (SSSR count). The molecule has 0 bridgehead atoms. The molecule has 0 radical (unpaired) electrons. The first-order valence-electron chi connectivity index (χ1n) is 16.5. The van der Waals surface area contributed by atoms with Crippen LogP contribution in [0.1, 0.15) is 44.6 Å². The van der Waals surface area contributed by atoms with Crippen LogP contribution in [-0.2, 0) is 11.2 Å². The fraction of sp³-hybridized carbons (Fsp3) is 0.429. The van der Waals surface area contributed by atoms with Gasteiger partial charge in [-0.1, -0.05) is 19.1 Å². The Morgan fingerprint density at radius 1 is 1.08 bits per heavy atom. The van der Waals surface area contributed by atoms with Crippen LogP contribution in [0.25, 0.3) is 32.8 Å². The number of nitrogens with zero attached hydrogens (tertiary/aromatic N) is 4. The Bertz CT molecular complexity index is 2000. The van der Waals surface area contributed by atoms with E-state index >= 15 is 8.78 Å². The molecule has 4 aliphatic heterocycles. The van der Waals surface area contributed by atoms with Gasteiger partial charge in [-0.3, -0.25) is 19.9 Å². The summed E-state index contributed by atoms with van der Waals surface area (Å²) in [5.41, 5.74) is -1.34. The molecule has 3 atom stereocenters. The number of aryl methyl sites for hydroxylation is 1. The minimum absolute atomic E-state index is 0.00382. The fourth-order valence-corrected chi connectivity index (χ4v) is 8.41. The molecule has 4 aromatic rings. The van der Waals surface area contributed by atoms with Gasteiger partial charge in [-0.15, -0.1) is 0 Å². The third-order valence-corrected chi connectivity index (χ3v) is 10.6. The minimum Gasteiger partial charge on any atom is -0.508 e. The highest BCUT2D eigenvalue weighted by molar-refractivity contribution is 6.19. The van der Waals surface area contributed by atoms with Crippen LogP contribution in [0, 0.1) is 11.6 Å². The smallest absolute Gasteiger partial charge is 0.330 e. The summed E-state index contributed by atoms with van der Waals surface area (Å²) in [6.07, 6.45) is 2.22. The highest BCUT2D eigenvalue weighted by Crippen LogP contribution is 2.44. The van der Waals surface area contributed by atoms with Crippen LogP contribution in [-0.4, -0.2) is 81.9 Å². The third kappa shape index (κ3) is 4.61. The van der Waals surface area contributed by atoms with Crippen LogP contribution in [0.2, 0.25) is 0 Å². The number of ether oxygens (including phenoxy) is 1. The van der Waals surface area contributed by atoms with Gasteiger partial charge in [-0.05, 0) is 91.4 Å². The number of phenols is 1. The number of amides is 3. The van der Waals surface area contributed by atoms with Gasteiger partial charge in [-0.2, -0.15) is 9.97 Å². The lowest BCUT2D eigenvalue weighted by atomic mass is 9.88. The molecule has 5 heterocycles. The zero-order valence-electron chi connectivity index (χ0n) is 26.4. The molecule has 10 nitrogen and oxygen atoms in total. The molecular weight excluding hydrogens is 625 g/mol. The highest BCUT2D eigenvalue weighted by atomic mass is 19.1. The topological polar surface area (TPSA) is 120 Å². The summed E-state index contributed by atoms with van der Waals surface area (Å²) in [6, 6.07) is 7.89. The number of carbonyl (C=O) groups excluding carboxylic acids is 2. The van der Waals surface area contributed by atoms with Crippen LogP contribution >= 0.6 is 0 Å². The second-order valence-corrected chi connectivity index (χ2v) is 13.4. The molecule has 3 amide bonds. The molecule has 48 heavy (non-hydrogen) atoms. The van der Waals surface area contributed by atoms with Crippen molar-refractivity contribution in [2.75, 3.05) is 37.7 Å². The number of imide groups is 1. The van der Waals surface area contributed by atoms with Gasteiger partial charge < -0.3 is 15.2 Å². The SMILES string of the molecule is CCc1c(F)ccc2cc(O)cc(-c3ccc4c(N5C(=O)NC(=O)C56CCCNC6)nc(OC[C@@]56CCCN5C[C@H](F)C6)nc4c3F)c12. The number of benzene rings is 3. The number of nitrogens with one attached hydrogen (secondary N) is 2. The number of aromatic hydroxyl groups is 1. The molecule has 1 spiro atoms. The summed E-state index contributed by atoms with van der Waals surface area (Å²) < 4.78 is 52.8. The lowest BCUT2D eigenvalue weighted by Gasteiger charge is -2.38. The van der Waals surface area contributed by atoms with E-state index in [4.69, 9.17) is 4.74 Å². The van der Waals surface area contributed by atoms with Gasteiger partial charge in [0.15, 0.2) is 11.6 Å². The molecule has 3 aromatic carbocycles. The van der Waals surface area contributed by atoms with Gasteiger partial charge >= 0.3 is 12.0 Å². The van der Waals surface area contributed by atoms with E-state index in [1.807, 2.05) is 0 Å². The number of alkyl halides is 1. The van der Waals surface area contributed by atoms with E-state index in [-0.39, 0.29) is 52.8 Å². The largest absolute Gasteiger partial charge is 0.508 e. The summed E-state index contributed by atoms with van der Waals surface area (Å²) in [7, 11) is 0. The maximum atomic E-state index is 17.0. The molecule has 4 fully saturated rings. The van der Waals surface area contributed by atoms with E-state index in [9.17, 15) is 19.1 Å². The number of rotatable bonds is 6. The van der Waals surface area contributed by atoms with Crippen molar-refractivity contribution in [3.63, 3.8) is 0 Å². The Morgan fingerprint density at radius 3 is 2.73 bits per heavy atom. The standard InChI is InChI=1S/C35H35F3N6O4/c1-2-22-26(37)8-5-19-13-21(45)14-25(27(19)22)23-6-7-24-29(28(23)38)40-32(48-18-34-9-4-12-43(34)16-20(36)15-34)41-30(24)44-33(47)42-31(46)35(44)10-3-11-39-17-35/h5-8,13-14,20,39,45H,2-4,9-12,15-18H2,1H3,(H,42,46,47)/t20-,34+,35?/m1/s1. The van der Waals surface area contributed by atoms with Crippen molar-refractivity contribution < 1.29 is 32.6 Å². The Balaban J connectivity index is 1.32. The Labute approximate surface area is 274 Å². The normalized spacial score (nSPS) is 25.8. The van der Waals surface area contributed by atoms with Crippen molar-refractivity contribution in [2.24, 2.45) is 0 Å². The molecular formula is C35H35F3N6O4. The highest BCUT2D eigenvalue weighted by Gasteiger charge is 2.55. The van der Waals surface area contributed by atoms with Crippen molar-refractivity contribution in [3.05, 3.63) is 53.6 Å². The van der Waals surface area contributed by atoms with E-state index in [1.54, 1.807) is 13.0 Å². The number of piperidine rings is 1. The van der Waals surface area contributed by atoms with Gasteiger partial charge in [0.1, 0.15) is 35.4 Å². The molecule has 13 heteroatoms.